The Morgan fingerprint density at radius 1 is 1.41 bits per heavy atom. The highest BCUT2D eigenvalue weighted by Crippen LogP contribution is 2.30. The highest BCUT2D eigenvalue weighted by atomic mass is 32.2. The van der Waals surface area contributed by atoms with Crippen LogP contribution in [-0.4, -0.2) is 48.2 Å². The van der Waals surface area contributed by atoms with Crippen molar-refractivity contribution >= 4 is 10.0 Å². The van der Waals surface area contributed by atoms with E-state index in [0.717, 1.165) is 12.8 Å². The Balaban J connectivity index is 1.91. The molecule has 1 aromatic rings. The quantitative estimate of drug-likeness (QED) is 0.825. The Labute approximate surface area is 100 Å². The number of aromatic nitrogens is 2. The maximum absolute atomic E-state index is 12.4. The smallest absolute Gasteiger partial charge is 0.246 e. The second-order valence-corrected chi connectivity index (χ2v) is 6.55. The molecular weight excluding hydrogens is 242 g/mol. The lowest BCUT2D eigenvalue weighted by atomic mass is 10.2. The van der Waals surface area contributed by atoms with Crippen LogP contribution in [0.5, 0.6) is 0 Å². The van der Waals surface area contributed by atoms with Gasteiger partial charge in [0.2, 0.25) is 10.0 Å². The van der Waals surface area contributed by atoms with Crippen LogP contribution >= 0.6 is 0 Å². The van der Waals surface area contributed by atoms with Crippen molar-refractivity contribution in [3.63, 3.8) is 0 Å². The summed E-state index contributed by atoms with van der Waals surface area (Å²) in [5, 5.41) is 6.44. The molecule has 0 amide bonds. The third-order valence-corrected chi connectivity index (χ3v) is 5.36. The summed E-state index contributed by atoms with van der Waals surface area (Å²) < 4.78 is 32.0. The Morgan fingerprint density at radius 3 is 2.59 bits per heavy atom. The molecule has 1 aromatic heterocycles. The molecule has 0 aliphatic carbocycles. The van der Waals surface area contributed by atoms with Crippen molar-refractivity contribution in [2.45, 2.75) is 36.9 Å². The topological polar surface area (TPSA) is 75.3 Å². The zero-order valence-corrected chi connectivity index (χ0v) is 10.4. The molecule has 17 heavy (non-hydrogen) atoms. The van der Waals surface area contributed by atoms with E-state index in [9.17, 15) is 8.42 Å². The monoisotopic (exact) mass is 257 g/mol. The fraction of sp³-hybridized carbons (Fsp3) is 0.700. The van der Waals surface area contributed by atoms with Crippen molar-refractivity contribution in [3.05, 3.63) is 11.9 Å². The van der Waals surface area contributed by atoms with E-state index in [2.05, 4.69) is 10.2 Å². The molecule has 0 aromatic carbocycles. The molecule has 94 valence electrons. The molecule has 2 fully saturated rings. The van der Waals surface area contributed by atoms with E-state index < -0.39 is 10.0 Å². The van der Waals surface area contributed by atoms with E-state index in [1.807, 2.05) is 0 Å². The Bertz CT molecular complexity index is 513. The van der Waals surface area contributed by atoms with Crippen LogP contribution < -0.4 is 0 Å². The summed E-state index contributed by atoms with van der Waals surface area (Å²) in [7, 11) is -3.42. The maximum Gasteiger partial charge on any atom is 0.246 e. The average Bonchev–Trinajstić information content (AvgIpc) is 2.85. The molecule has 3 heterocycles. The number of hydrogen-bond donors (Lipinski definition) is 1. The van der Waals surface area contributed by atoms with E-state index in [-0.39, 0.29) is 17.1 Å². The molecule has 7 heteroatoms. The molecule has 2 bridgehead atoms. The van der Waals surface area contributed by atoms with Gasteiger partial charge in [-0.1, -0.05) is 0 Å². The van der Waals surface area contributed by atoms with Gasteiger partial charge in [-0.05, 0) is 19.8 Å². The summed E-state index contributed by atoms with van der Waals surface area (Å²) in [5.41, 5.74) is 0.587. The van der Waals surface area contributed by atoms with E-state index >= 15 is 0 Å². The van der Waals surface area contributed by atoms with Crippen LogP contribution in [0.2, 0.25) is 0 Å². The molecule has 0 spiro atoms. The number of rotatable bonds is 2. The minimum atomic E-state index is -3.42. The lowest BCUT2D eigenvalue weighted by Gasteiger charge is -2.30. The predicted octanol–water partition coefficient (Wildman–Crippen LogP) is 0.270. The van der Waals surface area contributed by atoms with Gasteiger partial charge in [0.1, 0.15) is 4.90 Å². The fourth-order valence-electron chi connectivity index (χ4n) is 2.51. The van der Waals surface area contributed by atoms with Crippen molar-refractivity contribution in [2.24, 2.45) is 0 Å². The number of H-pyrrole nitrogens is 1. The minimum Gasteiger partial charge on any atom is -0.372 e. The van der Waals surface area contributed by atoms with Crippen molar-refractivity contribution in [1.82, 2.24) is 14.5 Å². The van der Waals surface area contributed by atoms with Crippen molar-refractivity contribution in [2.75, 3.05) is 13.1 Å². The van der Waals surface area contributed by atoms with Crippen LogP contribution in [0, 0.1) is 6.92 Å². The van der Waals surface area contributed by atoms with Crippen molar-refractivity contribution in [1.29, 1.82) is 0 Å². The highest BCUT2D eigenvalue weighted by molar-refractivity contribution is 7.89. The molecule has 2 unspecified atom stereocenters. The first-order valence-corrected chi connectivity index (χ1v) is 7.17. The van der Waals surface area contributed by atoms with E-state index in [4.69, 9.17) is 4.74 Å². The SMILES string of the molecule is Cc1[nH]ncc1S(=O)(=O)N1CC2CCC(C1)O2. The summed E-state index contributed by atoms with van der Waals surface area (Å²) in [6.45, 7) is 2.64. The molecule has 1 N–H and O–H groups in total. The van der Waals surface area contributed by atoms with Gasteiger partial charge in [-0.2, -0.15) is 9.40 Å². The highest BCUT2D eigenvalue weighted by Gasteiger charge is 2.40. The lowest BCUT2D eigenvalue weighted by Crippen LogP contribution is -2.45. The summed E-state index contributed by atoms with van der Waals surface area (Å²) in [6, 6.07) is 0. The standard InChI is InChI=1S/C10H15N3O3S/c1-7-10(4-11-12-7)17(14,15)13-5-8-2-3-9(6-13)16-8/h4,8-9H,2-3,5-6H2,1H3,(H,11,12). The van der Waals surface area contributed by atoms with Crippen LogP contribution in [0.3, 0.4) is 0 Å². The second kappa shape index (κ2) is 3.79. The number of morpholine rings is 1. The second-order valence-electron chi connectivity index (χ2n) is 4.64. The molecule has 2 aliphatic heterocycles. The van der Waals surface area contributed by atoms with E-state index in [1.165, 1.54) is 10.5 Å². The third-order valence-electron chi connectivity index (χ3n) is 3.41. The summed E-state index contributed by atoms with van der Waals surface area (Å²) in [5.74, 6) is 0. The van der Waals surface area contributed by atoms with Crippen LogP contribution in [0.1, 0.15) is 18.5 Å². The van der Waals surface area contributed by atoms with Gasteiger partial charge in [0, 0.05) is 13.1 Å². The number of fused-ring (bicyclic) bond motifs is 2. The number of hydrogen-bond acceptors (Lipinski definition) is 4. The lowest BCUT2D eigenvalue weighted by molar-refractivity contribution is -0.0114. The van der Waals surface area contributed by atoms with Gasteiger partial charge in [-0.25, -0.2) is 8.42 Å². The molecular formula is C10H15N3O3S. The minimum absolute atomic E-state index is 0.0655. The van der Waals surface area contributed by atoms with Gasteiger partial charge in [0.25, 0.3) is 0 Å². The molecule has 2 aliphatic rings. The van der Waals surface area contributed by atoms with Crippen LogP contribution in [0.4, 0.5) is 0 Å². The number of aromatic amines is 1. The Morgan fingerprint density at radius 2 is 2.06 bits per heavy atom. The number of nitrogens with zero attached hydrogens (tertiary/aromatic N) is 2. The van der Waals surface area contributed by atoms with E-state index in [0.29, 0.717) is 18.8 Å². The number of aryl methyl sites for hydroxylation is 1. The molecule has 0 radical (unpaired) electrons. The summed E-state index contributed by atoms with van der Waals surface area (Å²) in [6.07, 6.45) is 3.43. The molecule has 0 saturated carbocycles. The van der Waals surface area contributed by atoms with Gasteiger partial charge >= 0.3 is 0 Å². The van der Waals surface area contributed by atoms with Crippen molar-refractivity contribution in [3.8, 4) is 0 Å². The van der Waals surface area contributed by atoms with Crippen LogP contribution in [-0.2, 0) is 14.8 Å². The fourth-order valence-corrected chi connectivity index (χ4v) is 4.13. The number of nitrogens with one attached hydrogen (secondary N) is 1. The Hall–Kier alpha value is -0.920. The summed E-state index contributed by atoms with van der Waals surface area (Å²) >= 11 is 0. The first-order chi connectivity index (χ1) is 8.07. The van der Waals surface area contributed by atoms with Gasteiger partial charge in [-0.3, -0.25) is 5.10 Å². The predicted molar refractivity (Wildman–Crippen MR) is 60.0 cm³/mol. The normalized spacial score (nSPS) is 29.7. The largest absolute Gasteiger partial charge is 0.372 e. The zero-order chi connectivity index (χ0) is 12.0. The van der Waals surface area contributed by atoms with Gasteiger partial charge < -0.3 is 4.74 Å². The molecule has 6 nitrogen and oxygen atoms in total. The first-order valence-electron chi connectivity index (χ1n) is 5.73. The van der Waals surface area contributed by atoms with Crippen molar-refractivity contribution < 1.29 is 13.2 Å². The maximum atomic E-state index is 12.4. The molecule has 2 saturated heterocycles. The zero-order valence-electron chi connectivity index (χ0n) is 9.59. The molecule has 2 atom stereocenters. The molecule has 3 rings (SSSR count). The number of ether oxygens (including phenoxy) is 1. The summed E-state index contributed by atoms with van der Waals surface area (Å²) in [4.78, 5) is 0.277. The van der Waals surface area contributed by atoms with Gasteiger partial charge in [0.05, 0.1) is 24.1 Å². The van der Waals surface area contributed by atoms with E-state index in [1.54, 1.807) is 6.92 Å². The van der Waals surface area contributed by atoms with Crippen LogP contribution in [0.25, 0.3) is 0 Å². The third kappa shape index (κ3) is 1.78. The van der Waals surface area contributed by atoms with Gasteiger partial charge in [-0.15, -0.1) is 0 Å². The average molecular weight is 257 g/mol. The van der Waals surface area contributed by atoms with Crippen LogP contribution in [0.15, 0.2) is 11.1 Å². The number of sulfonamides is 1. The first kappa shape index (κ1) is 11.2. The van der Waals surface area contributed by atoms with Gasteiger partial charge in [0.15, 0.2) is 0 Å². The Kier molecular flexibility index (Phi) is 2.49.